The van der Waals surface area contributed by atoms with Crippen molar-refractivity contribution < 1.29 is 27.1 Å². The van der Waals surface area contributed by atoms with Crippen LogP contribution in [0.2, 0.25) is 0 Å². The number of pyridine rings is 1. The fourth-order valence-electron chi connectivity index (χ4n) is 3.69. The third kappa shape index (κ3) is 6.61. The number of alkyl halides is 3. The van der Waals surface area contributed by atoms with Gasteiger partial charge in [0, 0.05) is 18.8 Å². The molecule has 196 valence electrons. The lowest BCUT2D eigenvalue weighted by Crippen LogP contribution is -2.38. The van der Waals surface area contributed by atoms with E-state index in [2.05, 4.69) is 31.1 Å². The van der Waals surface area contributed by atoms with Crippen molar-refractivity contribution in [1.82, 2.24) is 20.4 Å². The molecule has 0 unspecified atom stereocenters. The topological polar surface area (TPSA) is 104 Å². The quantitative estimate of drug-likeness (QED) is 0.299. The van der Waals surface area contributed by atoms with Crippen LogP contribution in [-0.2, 0) is 17.3 Å². The van der Waals surface area contributed by atoms with Gasteiger partial charge in [0.25, 0.3) is 5.91 Å². The van der Waals surface area contributed by atoms with Crippen LogP contribution in [0, 0.1) is 5.82 Å². The molecule has 9 nitrogen and oxygen atoms in total. The highest BCUT2D eigenvalue weighted by Crippen LogP contribution is 2.32. The summed E-state index contributed by atoms with van der Waals surface area (Å²) in [6.07, 6.45) is -2.27. The SMILES string of the molecule is CCCc1nc(C(=O)NNc2ncc(F)c(N3CCOCC3)n2)ccc1Nc1cccc(C(F)(F)F)c1. The first-order valence-electron chi connectivity index (χ1n) is 11.6. The Morgan fingerprint density at radius 1 is 1.14 bits per heavy atom. The molecule has 0 radical (unpaired) electrons. The Bertz CT molecular complexity index is 1250. The number of halogens is 4. The molecule has 1 saturated heterocycles. The van der Waals surface area contributed by atoms with E-state index in [9.17, 15) is 22.4 Å². The number of amides is 1. The number of carbonyl (C=O) groups is 1. The smallest absolute Gasteiger partial charge is 0.378 e. The minimum atomic E-state index is -4.46. The second-order valence-corrected chi connectivity index (χ2v) is 8.19. The summed E-state index contributed by atoms with van der Waals surface area (Å²) in [5.74, 6) is -1.09. The molecule has 37 heavy (non-hydrogen) atoms. The van der Waals surface area contributed by atoms with Crippen molar-refractivity contribution in [2.24, 2.45) is 0 Å². The van der Waals surface area contributed by atoms with E-state index >= 15 is 0 Å². The van der Waals surface area contributed by atoms with Gasteiger partial charge in [-0.1, -0.05) is 19.4 Å². The third-order valence-electron chi connectivity index (χ3n) is 5.49. The molecule has 2 aromatic heterocycles. The summed E-state index contributed by atoms with van der Waals surface area (Å²) in [5, 5.41) is 2.96. The number of benzene rings is 1. The molecule has 0 atom stereocenters. The monoisotopic (exact) mass is 519 g/mol. The third-order valence-corrected chi connectivity index (χ3v) is 5.49. The lowest BCUT2D eigenvalue weighted by Gasteiger charge is -2.28. The fourth-order valence-corrected chi connectivity index (χ4v) is 3.69. The van der Waals surface area contributed by atoms with Crippen molar-refractivity contribution in [3.63, 3.8) is 0 Å². The normalized spacial score (nSPS) is 13.8. The maximum atomic E-state index is 14.2. The Balaban J connectivity index is 1.46. The van der Waals surface area contributed by atoms with Gasteiger partial charge in [-0.05, 0) is 36.8 Å². The van der Waals surface area contributed by atoms with Crippen LogP contribution in [0.4, 0.5) is 40.7 Å². The first kappa shape index (κ1) is 26.1. The van der Waals surface area contributed by atoms with Crippen LogP contribution < -0.4 is 21.1 Å². The van der Waals surface area contributed by atoms with Gasteiger partial charge in [-0.3, -0.25) is 15.6 Å². The van der Waals surface area contributed by atoms with Crippen LogP contribution in [0.3, 0.4) is 0 Å². The molecule has 0 aliphatic carbocycles. The number of hydrogen-bond acceptors (Lipinski definition) is 8. The van der Waals surface area contributed by atoms with Crippen molar-refractivity contribution in [3.8, 4) is 0 Å². The van der Waals surface area contributed by atoms with Gasteiger partial charge in [0.15, 0.2) is 11.6 Å². The Morgan fingerprint density at radius 2 is 1.92 bits per heavy atom. The number of nitrogens with one attached hydrogen (secondary N) is 3. The van der Waals surface area contributed by atoms with Gasteiger partial charge in [-0.2, -0.15) is 18.2 Å². The summed E-state index contributed by atoms with van der Waals surface area (Å²) in [6.45, 7) is 3.78. The van der Waals surface area contributed by atoms with Crippen molar-refractivity contribution in [2.45, 2.75) is 25.9 Å². The predicted molar refractivity (Wildman–Crippen MR) is 129 cm³/mol. The molecule has 1 aliphatic rings. The second-order valence-electron chi connectivity index (χ2n) is 8.19. The van der Waals surface area contributed by atoms with Gasteiger partial charge in [-0.25, -0.2) is 14.4 Å². The number of ether oxygens (including phenoxy) is 1. The number of nitrogens with zero attached hydrogens (tertiary/aromatic N) is 4. The lowest BCUT2D eigenvalue weighted by molar-refractivity contribution is -0.137. The summed E-state index contributed by atoms with van der Waals surface area (Å²) in [5.41, 5.74) is 5.55. The van der Waals surface area contributed by atoms with E-state index in [1.165, 1.54) is 18.2 Å². The highest BCUT2D eigenvalue weighted by molar-refractivity contribution is 5.93. The predicted octanol–water partition coefficient (Wildman–Crippen LogP) is 4.32. The van der Waals surface area contributed by atoms with Crippen LogP contribution in [0.1, 0.15) is 35.1 Å². The van der Waals surface area contributed by atoms with Crippen molar-refractivity contribution in [2.75, 3.05) is 41.9 Å². The Morgan fingerprint density at radius 3 is 2.65 bits per heavy atom. The Kier molecular flexibility index (Phi) is 8.01. The van der Waals surface area contributed by atoms with Crippen LogP contribution in [0.15, 0.2) is 42.6 Å². The molecule has 0 saturated carbocycles. The largest absolute Gasteiger partial charge is 0.416 e. The van der Waals surface area contributed by atoms with Crippen LogP contribution >= 0.6 is 0 Å². The van der Waals surface area contributed by atoms with E-state index in [0.717, 1.165) is 18.3 Å². The first-order chi connectivity index (χ1) is 17.7. The van der Waals surface area contributed by atoms with E-state index in [0.29, 0.717) is 50.5 Å². The van der Waals surface area contributed by atoms with Crippen LogP contribution in [0.25, 0.3) is 0 Å². The number of hydrazine groups is 1. The molecular weight excluding hydrogens is 494 g/mol. The van der Waals surface area contributed by atoms with E-state index in [-0.39, 0.29) is 23.1 Å². The standard InChI is InChI=1S/C24H25F4N7O2/c1-2-4-18-19(30-16-6-3-5-15(13-16)24(26,27)28)7-8-20(31-18)22(36)33-34-23-29-14-17(25)21(32-23)35-9-11-37-12-10-35/h3,5-8,13-14,30H,2,4,9-12H2,1H3,(H,33,36)(H,29,32,34). The highest BCUT2D eigenvalue weighted by atomic mass is 19.4. The molecule has 4 rings (SSSR count). The number of hydrogen-bond donors (Lipinski definition) is 3. The lowest BCUT2D eigenvalue weighted by atomic mass is 10.1. The van der Waals surface area contributed by atoms with E-state index in [1.807, 2.05) is 6.92 Å². The van der Waals surface area contributed by atoms with Crippen molar-refractivity contribution >= 4 is 29.0 Å². The van der Waals surface area contributed by atoms with E-state index in [1.54, 1.807) is 11.0 Å². The molecule has 13 heteroatoms. The first-order valence-corrected chi connectivity index (χ1v) is 11.6. The summed E-state index contributed by atoms with van der Waals surface area (Å²) in [4.78, 5) is 26.8. The van der Waals surface area contributed by atoms with Gasteiger partial charge < -0.3 is 15.0 Å². The van der Waals surface area contributed by atoms with Crippen LogP contribution in [0.5, 0.6) is 0 Å². The molecule has 3 heterocycles. The Labute approximate surface area is 210 Å². The summed E-state index contributed by atoms with van der Waals surface area (Å²) in [7, 11) is 0. The number of anilines is 4. The number of carbonyl (C=O) groups excluding carboxylic acids is 1. The van der Waals surface area contributed by atoms with E-state index < -0.39 is 23.5 Å². The minimum Gasteiger partial charge on any atom is -0.378 e. The van der Waals surface area contributed by atoms with Gasteiger partial charge in [0.2, 0.25) is 5.95 Å². The number of aryl methyl sites for hydroxylation is 1. The zero-order chi connectivity index (χ0) is 26.4. The molecule has 3 aromatic rings. The fraction of sp³-hybridized carbons (Fsp3) is 0.333. The average molecular weight is 520 g/mol. The molecule has 1 fully saturated rings. The molecule has 1 aliphatic heterocycles. The number of rotatable bonds is 8. The second kappa shape index (κ2) is 11.4. The Hall–Kier alpha value is -4.00. The summed E-state index contributed by atoms with van der Waals surface area (Å²) < 4.78 is 58.6. The summed E-state index contributed by atoms with van der Waals surface area (Å²) >= 11 is 0. The average Bonchev–Trinajstić information content (AvgIpc) is 2.89. The van der Waals surface area contributed by atoms with Gasteiger partial charge in [0.1, 0.15) is 5.69 Å². The van der Waals surface area contributed by atoms with Gasteiger partial charge in [-0.15, -0.1) is 0 Å². The van der Waals surface area contributed by atoms with Crippen molar-refractivity contribution in [3.05, 3.63) is 65.4 Å². The molecule has 0 bridgehead atoms. The van der Waals surface area contributed by atoms with Crippen molar-refractivity contribution in [1.29, 1.82) is 0 Å². The maximum Gasteiger partial charge on any atom is 0.416 e. The summed E-state index contributed by atoms with van der Waals surface area (Å²) in [6, 6.07) is 7.85. The number of aromatic nitrogens is 3. The van der Waals surface area contributed by atoms with Gasteiger partial charge >= 0.3 is 6.18 Å². The maximum absolute atomic E-state index is 14.2. The molecule has 1 aromatic carbocycles. The number of morpholine rings is 1. The van der Waals surface area contributed by atoms with Gasteiger partial charge in [0.05, 0.1) is 36.4 Å². The molecule has 1 amide bonds. The molecule has 0 spiro atoms. The minimum absolute atomic E-state index is 0.00661. The zero-order valence-corrected chi connectivity index (χ0v) is 19.9. The van der Waals surface area contributed by atoms with Crippen LogP contribution in [-0.4, -0.2) is 47.2 Å². The zero-order valence-electron chi connectivity index (χ0n) is 19.9. The van der Waals surface area contributed by atoms with E-state index in [4.69, 9.17) is 4.74 Å². The highest BCUT2D eigenvalue weighted by Gasteiger charge is 2.30. The molecular formula is C24H25F4N7O2. The molecule has 3 N–H and O–H groups in total.